The Morgan fingerprint density at radius 2 is 2.16 bits per heavy atom. The van der Waals surface area contributed by atoms with Crippen molar-refractivity contribution in [3.05, 3.63) is 17.0 Å². The highest BCUT2D eigenvalue weighted by Gasteiger charge is 2.23. The third-order valence-corrected chi connectivity index (χ3v) is 5.11. The maximum atomic E-state index is 6.20. The first-order chi connectivity index (χ1) is 9.11. The minimum absolute atomic E-state index is 0.330. The van der Waals surface area contributed by atoms with E-state index in [1.165, 1.54) is 25.7 Å². The molecule has 1 heterocycles. The zero-order valence-corrected chi connectivity index (χ0v) is 13.4. The number of nitrogens with zero attached hydrogens (tertiary/aromatic N) is 2. The smallest absolute Gasteiger partial charge is 0.138 e. The minimum Gasteiger partial charge on any atom is -0.367 e. The van der Waals surface area contributed by atoms with Gasteiger partial charge in [-0.1, -0.05) is 31.9 Å². The summed E-state index contributed by atoms with van der Waals surface area (Å²) in [6.45, 7) is 4.25. The Bertz CT molecular complexity index is 425. The molecule has 2 rings (SSSR count). The lowest BCUT2D eigenvalue weighted by atomic mass is 9.94. The highest BCUT2D eigenvalue weighted by molar-refractivity contribution is 7.99. The summed E-state index contributed by atoms with van der Waals surface area (Å²) in [4.78, 5) is 8.49. The molecular weight excluding hydrogens is 278 g/mol. The summed E-state index contributed by atoms with van der Waals surface area (Å²) >= 11 is 8.18. The molecule has 0 amide bonds. The molecule has 0 bridgehead atoms. The largest absolute Gasteiger partial charge is 0.367 e. The van der Waals surface area contributed by atoms with Gasteiger partial charge in [0, 0.05) is 16.9 Å². The number of nitrogens with one attached hydrogen (secondary N) is 1. The first-order valence-corrected chi connectivity index (χ1v) is 8.58. The molecule has 19 heavy (non-hydrogen) atoms. The second-order valence-electron chi connectivity index (χ2n) is 5.45. The van der Waals surface area contributed by atoms with Crippen molar-refractivity contribution in [1.82, 2.24) is 9.97 Å². The van der Waals surface area contributed by atoms with Gasteiger partial charge in [-0.25, -0.2) is 9.97 Å². The average Bonchev–Trinajstić information content (AvgIpc) is 2.38. The van der Waals surface area contributed by atoms with Gasteiger partial charge < -0.3 is 5.32 Å². The van der Waals surface area contributed by atoms with Gasteiger partial charge in [0.1, 0.15) is 17.3 Å². The number of hydrogen-bond acceptors (Lipinski definition) is 4. The monoisotopic (exact) mass is 299 g/mol. The molecule has 1 aliphatic carbocycles. The fraction of sp³-hybridized carbons (Fsp3) is 0.714. The SMILES string of the molecule is CSC1CCCC(Nc2ncnc(Cl)c2C(C)C)C1. The van der Waals surface area contributed by atoms with Gasteiger partial charge in [0.15, 0.2) is 0 Å². The average molecular weight is 300 g/mol. The first kappa shape index (κ1) is 14.9. The van der Waals surface area contributed by atoms with Crippen LogP contribution in [-0.4, -0.2) is 27.5 Å². The van der Waals surface area contributed by atoms with Crippen LogP contribution in [0.2, 0.25) is 5.15 Å². The Balaban J connectivity index is 2.12. The molecule has 106 valence electrons. The Morgan fingerprint density at radius 3 is 2.84 bits per heavy atom. The van der Waals surface area contributed by atoms with E-state index in [1.54, 1.807) is 6.33 Å². The Morgan fingerprint density at radius 1 is 1.37 bits per heavy atom. The van der Waals surface area contributed by atoms with Crippen molar-refractivity contribution in [2.75, 3.05) is 11.6 Å². The molecule has 1 aromatic rings. The molecule has 2 atom stereocenters. The van der Waals surface area contributed by atoms with Crippen molar-refractivity contribution in [2.24, 2.45) is 0 Å². The number of halogens is 1. The Kier molecular flexibility index (Phi) is 5.34. The van der Waals surface area contributed by atoms with E-state index in [9.17, 15) is 0 Å². The summed E-state index contributed by atoms with van der Waals surface area (Å²) in [6, 6.07) is 0.509. The van der Waals surface area contributed by atoms with Gasteiger partial charge in [0.05, 0.1) is 0 Å². The fourth-order valence-corrected chi connectivity index (χ4v) is 3.86. The van der Waals surface area contributed by atoms with E-state index >= 15 is 0 Å². The van der Waals surface area contributed by atoms with Crippen LogP contribution in [0.4, 0.5) is 5.82 Å². The van der Waals surface area contributed by atoms with Crippen LogP contribution in [0.15, 0.2) is 6.33 Å². The van der Waals surface area contributed by atoms with Crippen molar-refractivity contribution in [2.45, 2.75) is 56.7 Å². The van der Waals surface area contributed by atoms with Gasteiger partial charge in [-0.3, -0.25) is 0 Å². The molecule has 0 spiro atoms. The Labute approximate surface area is 124 Å². The molecule has 0 aromatic carbocycles. The van der Waals surface area contributed by atoms with Crippen LogP contribution in [0.25, 0.3) is 0 Å². The number of rotatable bonds is 4. The molecule has 0 saturated heterocycles. The van der Waals surface area contributed by atoms with Gasteiger partial charge in [-0.05, 0) is 31.4 Å². The van der Waals surface area contributed by atoms with E-state index < -0.39 is 0 Å². The lowest BCUT2D eigenvalue weighted by Gasteiger charge is -2.30. The summed E-state index contributed by atoms with van der Waals surface area (Å²) in [6.07, 6.45) is 8.80. The predicted octanol–water partition coefficient (Wildman–Crippen LogP) is 4.34. The quantitative estimate of drug-likeness (QED) is 0.839. The van der Waals surface area contributed by atoms with Gasteiger partial charge in [-0.15, -0.1) is 0 Å². The zero-order valence-electron chi connectivity index (χ0n) is 11.8. The van der Waals surface area contributed by atoms with Crippen molar-refractivity contribution < 1.29 is 0 Å². The summed E-state index contributed by atoms with van der Waals surface area (Å²) in [5.74, 6) is 1.25. The van der Waals surface area contributed by atoms with Crippen LogP contribution in [0.1, 0.15) is 51.0 Å². The third-order valence-electron chi connectivity index (χ3n) is 3.71. The van der Waals surface area contributed by atoms with E-state index in [1.807, 2.05) is 11.8 Å². The van der Waals surface area contributed by atoms with Crippen molar-refractivity contribution >= 4 is 29.2 Å². The minimum atomic E-state index is 0.330. The molecule has 1 fully saturated rings. The van der Waals surface area contributed by atoms with Crippen LogP contribution in [0.3, 0.4) is 0 Å². The van der Waals surface area contributed by atoms with Crippen molar-refractivity contribution in [3.63, 3.8) is 0 Å². The second kappa shape index (κ2) is 6.80. The molecule has 1 saturated carbocycles. The van der Waals surface area contributed by atoms with E-state index in [0.29, 0.717) is 17.1 Å². The van der Waals surface area contributed by atoms with E-state index in [2.05, 4.69) is 35.4 Å². The number of thioether (sulfide) groups is 1. The zero-order chi connectivity index (χ0) is 13.8. The lowest BCUT2D eigenvalue weighted by molar-refractivity contribution is 0.472. The van der Waals surface area contributed by atoms with Crippen LogP contribution in [0.5, 0.6) is 0 Å². The van der Waals surface area contributed by atoms with Crippen LogP contribution >= 0.6 is 23.4 Å². The highest BCUT2D eigenvalue weighted by Crippen LogP contribution is 2.32. The van der Waals surface area contributed by atoms with Crippen LogP contribution in [-0.2, 0) is 0 Å². The molecule has 1 N–H and O–H groups in total. The molecule has 5 heteroatoms. The molecule has 1 aliphatic rings. The molecular formula is C14H22ClN3S. The third kappa shape index (κ3) is 3.76. The second-order valence-corrected chi connectivity index (χ2v) is 6.94. The fourth-order valence-electron chi connectivity index (χ4n) is 2.68. The normalized spacial score (nSPS) is 23.6. The summed E-state index contributed by atoms with van der Waals surface area (Å²) in [5.41, 5.74) is 1.04. The standard InChI is InChI=1S/C14H22ClN3S/c1-9(2)12-13(15)16-8-17-14(12)18-10-5-4-6-11(7-10)19-3/h8-11H,4-7H2,1-3H3,(H,16,17,18). The van der Waals surface area contributed by atoms with Crippen LogP contribution < -0.4 is 5.32 Å². The highest BCUT2D eigenvalue weighted by atomic mass is 35.5. The number of anilines is 1. The van der Waals surface area contributed by atoms with Gasteiger partial charge in [0.25, 0.3) is 0 Å². The first-order valence-electron chi connectivity index (χ1n) is 6.91. The van der Waals surface area contributed by atoms with Gasteiger partial charge in [-0.2, -0.15) is 11.8 Å². The van der Waals surface area contributed by atoms with E-state index in [0.717, 1.165) is 16.6 Å². The maximum Gasteiger partial charge on any atom is 0.138 e. The van der Waals surface area contributed by atoms with Crippen LogP contribution in [0, 0.1) is 0 Å². The molecule has 1 aromatic heterocycles. The predicted molar refractivity (Wildman–Crippen MR) is 84.3 cm³/mol. The van der Waals surface area contributed by atoms with Gasteiger partial charge >= 0.3 is 0 Å². The number of hydrogen-bond donors (Lipinski definition) is 1. The van der Waals surface area contributed by atoms with Crippen molar-refractivity contribution in [1.29, 1.82) is 0 Å². The van der Waals surface area contributed by atoms with Gasteiger partial charge in [0.2, 0.25) is 0 Å². The maximum absolute atomic E-state index is 6.20. The summed E-state index contributed by atoms with van der Waals surface area (Å²) < 4.78 is 0. The van der Waals surface area contributed by atoms with E-state index in [4.69, 9.17) is 11.6 Å². The van der Waals surface area contributed by atoms with Crippen molar-refractivity contribution in [3.8, 4) is 0 Å². The van der Waals surface area contributed by atoms with E-state index in [-0.39, 0.29) is 0 Å². The molecule has 0 radical (unpaired) electrons. The molecule has 3 nitrogen and oxygen atoms in total. The summed E-state index contributed by atoms with van der Waals surface area (Å²) in [7, 11) is 0. The molecule has 2 unspecified atom stereocenters. The topological polar surface area (TPSA) is 37.8 Å². The summed E-state index contributed by atoms with van der Waals surface area (Å²) in [5, 5.41) is 4.93. The number of aromatic nitrogens is 2. The lowest BCUT2D eigenvalue weighted by Crippen LogP contribution is -2.29. The molecule has 0 aliphatic heterocycles. The Hall–Kier alpha value is -0.480.